The van der Waals surface area contributed by atoms with Gasteiger partial charge in [0, 0.05) is 57.1 Å². The van der Waals surface area contributed by atoms with Crippen LogP contribution in [0.2, 0.25) is 0 Å². The van der Waals surface area contributed by atoms with Crippen LogP contribution < -0.4 is 16.0 Å². The highest BCUT2D eigenvalue weighted by Crippen LogP contribution is 2.39. The van der Waals surface area contributed by atoms with Gasteiger partial charge in [-0.1, -0.05) is 6.92 Å². The lowest BCUT2D eigenvalue weighted by Crippen LogP contribution is -2.98. The van der Waals surface area contributed by atoms with Crippen LogP contribution in [0, 0.1) is 23.7 Å². The minimum Gasteiger partial charge on any atom is -0.639 e. The van der Waals surface area contributed by atoms with Crippen molar-refractivity contribution in [1.82, 2.24) is 10.2 Å². The van der Waals surface area contributed by atoms with Crippen LogP contribution in [-0.2, 0) is 24.7 Å². The Kier molecular flexibility index (Phi) is 14.2. The number of carbonyl (C=O) groups excluding carboxylic acids is 3. The molecule has 1 aromatic carbocycles. The van der Waals surface area contributed by atoms with E-state index in [2.05, 4.69) is 41.7 Å². The first kappa shape index (κ1) is 41.6. The Labute approximate surface area is 310 Å². The average molecular weight is 727 g/mol. The smallest absolute Gasteiger partial charge is 0.486 e. The molecular formula is C40H66N6O6+2. The van der Waals surface area contributed by atoms with Gasteiger partial charge in [-0.15, -0.1) is 0 Å². The summed E-state index contributed by atoms with van der Waals surface area (Å²) in [5, 5.41) is 25.8. The van der Waals surface area contributed by atoms with Crippen molar-refractivity contribution in [1.29, 1.82) is 0 Å². The zero-order chi connectivity index (χ0) is 38.4. The standard InChI is InChI=1S/C40H63N6O6/c1-10-40(6,52-37(50)29-17-13-27(14-18-29)35(48)43-8)33-21-30(23-45-38-39(4,5)46(9)20-19-44-38)32(22-31(33)24(2)41)25(3)51-36(49)28-15-11-26(12-16-28)34(47)42-7/h21-23,25-29,34,38,41,44,47H,10-20H2,1-9H3,(H,43,48)/q-1/p+3. The highest BCUT2D eigenvalue weighted by molar-refractivity contribution is 5.97. The Bertz CT molecular complexity index is 1460. The number of aliphatic hydroxyl groups excluding tert-OH is 1. The third kappa shape index (κ3) is 9.48. The molecule has 2 aliphatic carbocycles. The zero-order valence-corrected chi connectivity index (χ0v) is 33.1. The first-order chi connectivity index (χ1) is 24.6. The number of hydrogen-bond donors (Lipinski definition) is 4. The van der Waals surface area contributed by atoms with E-state index in [0.29, 0.717) is 50.7 Å². The molecule has 52 heavy (non-hydrogen) atoms. The lowest BCUT2D eigenvalue weighted by molar-refractivity contribution is -0.709. The van der Waals surface area contributed by atoms with Crippen LogP contribution in [0.4, 0.5) is 0 Å². The van der Waals surface area contributed by atoms with E-state index in [1.807, 2.05) is 46.0 Å². The fourth-order valence-electron chi connectivity index (χ4n) is 8.13. The molecule has 0 bridgehead atoms. The number of nitrogens with one attached hydrogen (secondary N) is 1. The van der Waals surface area contributed by atoms with E-state index in [9.17, 15) is 19.5 Å². The van der Waals surface area contributed by atoms with Crippen molar-refractivity contribution in [2.45, 2.75) is 129 Å². The Morgan fingerprint density at radius 1 is 1.17 bits per heavy atom. The molecule has 12 heteroatoms. The maximum Gasteiger partial charge on any atom is 0.486 e. The van der Waals surface area contributed by atoms with Crippen molar-refractivity contribution in [3.05, 3.63) is 39.7 Å². The summed E-state index contributed by atoms with van der Waals surface area (Å²) in [6.45, 7) is 14.0. The average Bonchev–Trinajstić information content (AvgIpc) is 3.14. The Hall–Kier alpha value is -3.19. The number of hydrogen-bond acceptors (Lipinski definition) is 7. The number of aliphatic hydroxyl groups is 1. The van der Waals surface area contributed by atoms with E-state index in [1.165, 1.54) is 0 Å². The second-order valence-corrected chi connectivity index (χ2v) is 16.1. The van der Waals surface area contributed by atoms with Crippen molar-refractivity contribution >= 4 is 29.8 Å². The summed E-state index contributed by atoms with van der Waals surface area (Å²) in [6.07, 6.45) is 6.54. The van der Waals surface area contributed by atoms with Gasteiger partial charge in [-0.05, 0) is 109 Å². The molecule has 1 aromatic rings. The highest BCUT2D eigenvalue weighted by Gasteiger charge is 2.45. The first-order valence-corrected chi connectivity index (χ1v) is 19.4. The second-order valence-electron chi connectivity index (χ2n) is 16.1. The number of carbonyl (C=O) groups is 2. The second kappa shape index (κ2) is 17.8. The summed E-state index contributed by atoms with van der Waals surface area (Å²) in [7, 11) is 5.40. The topological polar surface area (TPSA) is 178 Å². The van der Waals surface area contributed by atoms with Crippen LogP contribution in [0.1, 0.15) is 128 Å². The summed E-state index contributed by atoms with van der Waals surface area (Å²) in [5.74, 6) is -0.614. The van der Waals surface area contributed by atoms with Gasteiger partial charge in [-0.3, -0.25) is 19.9 Å². The lowest BCUT2D eigenvalue weighted by atomic mass is 9.80. The molecule has 4 unspecified atom stereocenters. The maximum atomic E-state index is 13.5. The number of benzene rings is 1. The number of ether oxygens (including phenoxy) is 2. The van der Waals surface area contributed by atoms with Crippen LogP contribution >= 0.6 is 0 Å². The molecular weight excluding hydrogens is 660 g/mol. The zero-order valence-electron chi connectivity index (χ0n) is 33.1. The van der Waals surface area contributed by atoms with Crippen LogP contribution in [0.3, 0.4) is 0 Å². The number of nitrogens with zero attached hydrogens (tertiary/aromatic N) is 3. The number of esters is 2. The number of rotatable bonds is 13. The summed E-state index contributed by atoms with van der Waals surface area (Å²) in [6, 6.07) is 4.03. The predicted octanol–water partition coefficient (Wildman–Crippen LogP) is 2.72. The summed E-state index contributed by atoms with van der Waals surface area (Å²) in [4.78, 5) is 44.6. The normalized spacial score (nSPS) is 27.6. The molecule has 3 aliphatic rings. The Morgan fingerprint density at radius 2 is 1.79 bits per heavy atom. The minimum atomic E-state index is -0.941. The minimum absolute atomic E-state index is 0.0154. The summed E-state index contributed by atoms with van der Waals surface area (Å²) < 4.78 is 12.7. The Morgan fingerprint density at radius 3 is 2.37 bits per heavy atom. The number of aliphatic imine (C=N–C) groups is 1. The van der Waals surface area contributed by atoms with E-state index >= 15 is 0 Å². The fraction of sp³-hybridized carbons (Fsp3) is 0.725. The van der Waals surface area contributed by atoms with Crippen LogP contribution in [0.5, 0.6) is 0 Å². The number of piperazine rings is 1. The molecule has 1 aliphatic heterocycles. The molecule has 1 amide bonds. The molecule has 4 atom stereocenters. The van der Waals surface area contributed by atoms with E-state index in [4.69, 9.17) is 19.9 Å². The van der Waals surface area contributed by atoms with Crippen molar-refractivity contribution in [2.24, 2.45) is 28.7 Å². The van der Waals surface area contributed by atoms with Gasteiger partial charge in [0.15, 0.2) is 11.9 Å². The van der Waals surface area contributed by atoms with Gasteiger partial charge in [-0.25, -0.2) is 4.99 Å². The number of nitrogens with two attached hydrogens (primary N) is 2. The molecule has 1 heterocycles. The summed E-state index contributed by atoms with van der Waals surface area (Å²) in [5.41, 5.74) is 2.60. The molecule has 4 rings (SSSR count). The third-order valence-electron chi connectivity index (χ3n) is 12.4. The SMILES string of the molecule is CCC(C)(OC(=[OH+])C1CCC(C(=O)NC)CC1)c1cc(C=NC2[NH2+]CCN(C)C2(C)C)c(C(C)OC(=O)C2CCC(C(O)[N-]C)CC2)cc1C(C)=[NH2+]. The van der Waals surface area contributed by atoms with Crippen molar-refractivity contribution in [3.8, 4) is 0 Å². The van der Waals surface area contributed by atoms with Crippen LogP contribution in [0.25, 0.3) is 5.32 Å². The quantitative estimate of drug-likeness (QED) is 0.138. The molecule has 1 saturated heterocycles. The van der Waals surface area contributed by atoms with Crippen LogP contribution in [-0.4, -0.2) is 96.7 Å². The molecule has 290 valence electrons. The molecule has 3 fully saturated rings. The molecule has 2 saturated carbocycles. The molecule has 0 aromatic heterocycles. The van der Waals surface area contributed by atoms with E-state index in [0.717, 1.165) is 48.2 Å². The predicted molar refractivity (Wildman–Crippen MR) is 203 cm³/mol. The van der Waals surface area contributed by atoms with Gasteiger partial charge in [0.05, 0.1) is 23.6 Å². The van der Waals surface area contributed by atoms with Gasteiger partial charge in [0.25, 0.3) is 0 Å². The third-order valence-corrected chi connectivity index (χ3v) is 12.4. The monoisotopic (exact) mass is 727 g/mol. The van der Waals surface area contributed by atoms with Gasteiger partial charge < -0.3 is 35.3 Å². The maximum absolute atomic E-state index is 13.5. The van der Waals surface area contributed by atoms with Gasteiger partial charge in [0.2, 0.25) is 11.5 Å². The lowest BCUT2D eigenvalue weighted by Gasteiger charge is -2.41. The number of quaternary nitrogens is 1. The van der Waals surface area contributed by atoms with Crippen molar-refractivity contribution < 1.29 is 39.7 Å². The van der Waals surface area contributed by atoms with Gasteiger partial charge >= 0.3 is 11.9 Å². The molecule has 0 radical (unpaired) electrons. The van der Waals surface area contributed by atoms with Gasteiger partial charge in [-0.2, -0.15) is 7.05 Å². The molecule has 7 N–H and O–H groups in total. The van der Waals surface area contributed by atoms with E-state index in [1.54, 1.807) is 14.1 Å². The van der Waals surface area contributed by atoms with E-state index < -0.39 is 17.9 Å². The highest BCUT2D eigenvalue weighted by atomic mass is 16.6. The molecule has 0 spiro atoms. The largest absolute Gasteiger partial charge is 0.639 e. The van der Waals surface area contributed by atoms with Gasteiger partial charge in [0.1, 0.15) is 12.0 Å². The van der Waals surface area contributed by atoms with Crippen molar-refractivity contribution in [2.75, 3.05) is 34.2 Å². The molecule has 12 nitrogen and oxygen atoms in total. The summed E-state index contributed by atoms with van der Waals surface area (Å²) >= 11 is 0. The number of likely N-dealkylation sites (N-methyl/N-ethyl adjacent to an activating group) is 1. The van der Waals surface area contributed by atoms with Crippen LogP contribution in [0.15, 0.2) is 17.1 Å². The van der Waals surface area contributed by atoms with Crippen molar-refractivity contribution in [3.63, 3.8) is 0 Å². The van der Waals surface area contributed by atoms with E-state index in [-0.39, 0.29) is 53.2 Å². The Balaban J connectivity index is 1.67. The fourth-order valence-corrected chi connectivity index (χ4v) is 8.13. The number of amides is 1. The first-order valence-electron chi connectivity index (χ1n) is 19.4.